The van der Waals surface area contributed by atoms with E-state index in [1.807, 2.05) is 13.0 Å². The number of hydrogen-bond acceptors (Lipinski definition) is 4. The summed E-state index contributed by atoms with van der Waals surface area (Å²) < 4.78 is 5.22. The molecule has 3 rings (SSSR count). The SMILES string of the molecule is C=CC1=CC[C@H]2C(=O)C(C)=CC(=O)[C@@]2(C)[C@H]1c1cccc(OC)c1O. The van der Waals surface area contributed by atoms with Crippen LogP contribution < -0.4 is 4.74 Å². The van der Waals surface area contributed by atoms with E-state index < -0.39 is 17.3 Å². The molecule has 0 bridgehead atoms. The third-order valence-electron chi connectivity index (χ3n) is 5.63. The maximum Gasteiger partial charge on any atom is 0.163 e. The van der Waals surface area contributed by atoms with Gasteiger partial charge in [-0.25, -0.2) is 0 Å². The van der Waals surface area contributed by atoms with Gasteiger partial charge >= 0.3 is 0 Å². The second kappa shape index (κ2) is 6.03. The van der Waals surface area contributed by atoms with Gasteiger partial charge in [-0.05, 0) is 36.6 Å². The highest BCUT2D eigenvalue weighted by atomic mass is 16.5. The lowest BCUT2D eigenvalue weighted by molar-refractivity contribution is -0.137. The van der Waals surface area contributed by atoms with Crippen LogP contribution in [0.4, 0.5) is 0 Å². The molecule has 0 saturated heterocycles. The molecule has 2 aliphatic rings. The molecule has 4 heteroatoms. The minimum absolute atomic E-state index is 0.00357. The molecule has 1 aromatic carbocycles. The number of fused-ring (bicyclic) bond motifs is 1. The van der Waals surface area contributed by atoms with Crippen molar-refractivity contribution in [2.45, 2.75) is 26.2 Å². The molecule has 3 atom stereocenters. The van der Waals surface area contributed by atoms with Crippen LogP contribution in [-0.2, 0) is 9.59 Å². The molecule has 1 aromatic rings. The number of carbonyl (C=O) groups is 2. The van der Waals surface area contributed by atoms with Crippen molar-refractivity contribution in [2.75, 3.05) is 7.11 Å². The van der Waals surface area contributed by atoms with Crippen LogP contribution in [0.5, 0.6) is 11.5 Å². The van der Waals surface area contributed by atoms with Gasteiger partial charge in [0.15, 0.2) is 23.1 Å². The highest BCUT2D eigenvalue weighted by Crippen LogP contribution is 2.56. The Morgan fingerprint density at radius 1 is 1.36 bits per heavy atom. The zero-order valence-corrected chi connectivity index (χ0v) is 14.7. The van der Waals surface area contributed by atoms with E-state index in [2.05, 4.69) is 6.58 Å². The van der Waals surface area contributed by atoms with Gasteiger partial charge in [-0.3, -0.25) is 9.59 Å². The Balaban J connectivity index is 2.27. The molecule has 0 unspecified atom stereocenters. The summed E-state index contributed by atoms with van der Waals surface area (Å²) in [4.78, 5) is 25.7. The van der Waals surface area contributed by atoms with E-state index in [4.69, 9.17) is 4.74 Å². The number of ether oxygens (including phenoxy) is 1. The second-order valence-electron chi connectivity index (χ2n) is 6.87. The largest absolute Gasteiger partial charge is 0.504 e. The molecule has 4 nitrogen and oxygen atoms in total. The molecule has 1 N–H and O–H groups in total. The lowest BCUT2D eigenvalue weighted by Gasteiger charge is -2.47. The summed E-state index contributed by atoms with van der Waals surface area (Å²) in [5, 5.41) is 10.7. The summed E-state index contributed by atoms with van der Waals surface area (Å²) in [7, 11) is 1.48. The zero-order valence-electron chi connectivity index (χ0n) is 14.7. The fourth-order valence-corrected chi connectivity index (χ4v) is 4.20. The average Bonchev–Trinajstić information content (AvgIpc) is 2.60. The van der Waals surface area contributed by atoms with Crippen molar-refractivity contribution < 1.29 is 19.4 Å². The standard InChI is InChI=1S/C21H22O4/c1-5-13-9-10-15-19(23)12(2)11-17(22)21(15,3)18(13)14-7-6-8-16(25-4)20(14)24/h5-9,11,15,18,24H,1,10H2,2-4H3/t15-,18+,21-/m0/s1. The van der Waals surface area contributed by atoms with Crippen LogP contribution in [0.1, 0.15) is 31.7 Å². The molecule has 0 radical (unpaired) electrons. The molecule has 0 aliphatic heterocycles. The number of Topliss-reactive ketones (excluding diaryl/α,β-unsaturated/α-hetero) is 1. The minimum Gasteiger partial charge on any atom is -0.504 e. The molecular weight excluding hydrogens is 316 g/mol. The molecule has 0 aromatic heterocycles. The van der Waals surface area contributed by atoms with Gasteiger partial charge in [-0.1, -0.05) is 37.8 Å². The van der Waals surface area contributed by atoms with Crippen molar-refractivity contribution in [1.29, 1.82) is 0 Å². The number of phenols is 1. The Kier molecular flexibility index (Phi) is 4.15. The van der Waals surface area contributed by atoms with Crippen LogP contribution in [0.15, 0.2) is 54.2 Å². The fraction of sp³-hybridized carbons (Fsp3) is 0.333. The average molecular weight is 338 g/mol. The van der Waals surface area contributed by atoms with Crippen LogP contribution in [0, 0.1) is 11.3 Å². The lowest BCUT2D eigenvalue weighted by Crippen LogP contribution is -2.49. The summed E-state index contributed by atoms with van der Waals surface area (Å²) in [5.41, 5.74) is 0.957. The monoisotopic (exact) mass is 338 g/mol. The Hall–Kier alpha value is -2.62. The van der Waals surface area contributed by atoms with Crippen LogP contribution in [-0.4, -0.2) is 23.8 Å². The number of benzene rings is 1. The molecule has 0 saturated carbocycles. The van der Waals surface area contributed by atoms with Crippen molar-refractivity contribution in [1.82, 2.24) is 0 Å². The third kappa shape index (κ3) is 2.36. The summed E-state index contributed by atoms with van der Waals surface area (Å²) in [6.45, 7) is 7.37. The highest BCUT2D eigenvalue weighted by molar-refractivity contribution is 6.13. The molecule has 0 heterocycles. The lowest BCUT2D eigenvalue weighted by atomic mass is 9.53. The second-order valence-corrected chi connectivity index (χ2v) is 6.87. The first-order valence-corrected chi connectivity index (χ1v) is 8.31. The maximum absolute atomic E-state index is 13.0. The number of allylic oxidation sites excluding steroid dienone is 5. The molecule has 25 heavy (non-hydrogen) atoms. The van der Waals surface area contributed by atoms with Crippen LogP contribution in [0.2, 0.25) is 0 Å². The van der Waals surface area contributed by atoms with E-state index in [0.29, 0.717) is 23.3 Å². The predicted molar refractivity (Wildman–Crippen MR) is 95.7 cm³/mol. The molecule has 0 fully saturated rings. The number of rotatable bonds is 3. The molecule has 0 amide bonds. The van der Waals surface area contributed by atoms with Gasteiger partial charge in [0.05, 0.1) is 12.5 Å². The van der Waals surface area contributed by atoms with Gasteiger partial charge in [-0.2, -0.15) is 0 Å². The van der Waals surface area contributed by atoms with E-state index in [-0.39, 0.29) is 17.3 Å². The topological polar surface area (TPSA) is 63.6 Å². The van der Waals surface area contributed by atoms with Crippen molar-refractivity contribution in [3.63, 3.8) is 0 Å². The van der Waals surface area contributed by atoms with E-state index in [0.717, 1.165) is 5.57 Å². The Morgan fingerprint density at radius 2 is 2.08 bits per heavy atom. The molecule has 130 valence electrons. The van der Waals surface area contributed by atoms with E-state index in [1.165, 1.54) is 13.2 Å². The number of carbonyl (C=O) groups excluding carboxylic acids is 2. The smallest absolute Gasteiger partial charge is 0.163 e. The van der Waals surface area contributed by atoms with E-state index >= 15 is 0 Å². The third-order valence-corrected chi connectivity index (χ3v) is 5.63. The Labute approximate surface area is 147 Å². The van der Waals surface area contributed by atoms with Crippen LogP contribution in [0.3, 0.4) is 0 Å². The molecule has 0 spiro atoms. The fourth-order valence-electron chi connectivity index (χ4n) is 4.20. The van der Waals surface area contributed by atoms with Gasteiger partial charge in [0, 0.05) is 17.4 Å². The quantitative estimate of drug-likeness (QED) is 0.912. The van der Waals surface area contributed by atoms with Crippen molar-refractivity contribution in [3.8, 4) is 11.5 Å². The van der Waals surface area contributed by atoms with Gasteiger partial charge in [0.1, 0.15) is 0 Å². The normalized spacial score (nSPS) is 28.8. The molecular formula is C21H22O4. The summed E-state index contributed by atoms with van der Waals surface area (Å²) in [6, 6.07) is 5.21. The van der Waals surface area contributed by atoms with Gasteiger partial charge in [0.25, 0.3) is 0 Å². The summed E-state index contributed by atoms with van der Waals surface area (Å²) >= 11 is 0. The predicted octanol–water partition coefficient (Wildman–Crippen LogP) is 3.72. The van der Waals surface area contributed by atoms with Crippen LogP contribution >= 0.6 is 0 Å². The first-order valence-electron chi connectivity index (χ1n) is 8.31. The van der Waals surface area contributed by atoms with E-state index in [1.54, 1.807) is 31.2 Å². The maximum atomic E-state index is 13.0. The van der Waals surface area contributed by atoms with Crippen molar-refractivity contribution in [3.05, 3.63) is 59.7 Å². The van der Waals surface area contributed by atoms with Crippen molar-refractivity contribution in [2.24, 2.45) is 11.3 Å². The van der Waals surface area contributed by atoms with Gasteiger partial charge in [-0.15, -0.1) is 0 Å². The number of para-hydroxylation sites is 1. The van der Waals surface area contributed by atoms with E-state index in [9.17, 15) is 14.7 Å². The molecule has 2 aliphatic carbocycles. The van der Waals surface area contributed by atoms with Gasteiger partial charge in [0.2, 0.25) is 0 Å². The number of aromatic hydroxyl groups is 1. The Morgan fingerprint density at radius 3 is 2.72 bits per heavy atom. The summed E-state index contributed by atoms with van der Waals surface area (Å²) in [5.74, 6) is -0.656. The highest BCUT2D eigenvalue weighted by Gasteiger charge is 2.55. The Bertz CT molecular complexity index is 830. The summed E-state index contributed by atoms with van der Waals surface area (Å²) in [6.07, 6.45) is 5.59. The number of hydrogen-bond donors (Lipinski definition) is 1. The van der Waals surface area contributed by atoms with Crippen molar-refractivity contribution >= 4 is 11.6 Å². The first kappa shape index (κ1) is 17.2. The van der Waals surface area contributed by atoms with Crippen LogP contribution in [0.25, 0.3) is 0 Å². The minimum atomic E-state index is -0.960. The zero-order chi connectivity index (χ0) is 18.4. The van der Waals surface area contributed by atoms with Gasteiger partial charge < -0.3 is 9.84 Å². The number of phenolic OH excluding ortho intramolecular Hbond substituents is 1. The number of methoxy groups -OCH3 is 1. The first-order chi connectivity index (χ1) is 11.9. The number of ketones is 2.